The van der Waals surface area contributed by atoms with Crippen LogP contribution in [-0.4, -0.2) is 42.6 Å². The van der Waals surface area contributed by atoms with E-state index in [2.05, 4.69) is 14.7 Å². The van der Waals surface area contributed by atoms with Crippen LogP contribution in [0.1, 0.15) is 28.2 Å². The third-order valence-electron chi connectivity index (χ3n) is 4.06. The molecule has 1 amide bonds. The van der Waals surface area contributed by atoms with Crippen LogP contribution in [0.15, 0.2) is 48.5 Å². The van der Waals surface area contributed by atoms with Crippen LogP contribution in [0.25, 0.3) is 0 Å². The largest absolute Gasteiger partial charge is 0.497 e. The molecule has 0 aliphatic carbocycles. The summed E-state index contributed by atoms with van der Waals surface area (Å²) in [5.74, 6) is 1.86. The SMILES string of the molecule is COCCCNC(=O)c1cccc(Oc2nc(Cc3cccc(OC)c3)ns2)c1. The van der Waals surface area contributed by atoms with Gasteiger partial charge in [0.25, 0.3) is 11.1 Å². The Labute approximate surface area is 173 Å². The second kappa shape index (κ2) is 10.5. The monoisotopic (exact) mass is 413 g/mol. The maximum Gasteiger partial charge on any atom is 0.298 e. The molecule has 0 saturated carbocycles. The average molecular weight is 413 g/mol. The van der Waals surface area contributed by atoms with Crippen molar-refractivity contribution in [2.24, 2.45) is 0 Å². The van der Waals surface area contributed by atoms with E-state index in [4.69, 9.17) is 14.2 Å². The lowest BCUT2D eigenvalue weighted by Crippen LogP contribution is -2.25. The lowest BCUT2D eigenvalue weighted by Gasteiger charge is -2.06. The summed E-state index contributed by atoms with van der Waals surface area (Å²) in [4.78, 5) is 16.7. The van der Waals surface area contributed by atoms with E-state index in [9.17, 15) is 4.79 Å². The molecule has 0 bridgehead atoms. The number of ether oxygens (including phenoxy) is 3. The number of methoxy groups -OCH3 is 2. The van der Waals surface area contributed by atoms with E-state index in [-0.39, 0.29) is 5.91 Å². The van der Waals surface area contributed by atoms with Gasteiger partial charge in [-0.3, -0.25) is 4.79 Å². The van der Waals surface area contributed by atoms with Crippen molar-refractivity contribution < 1.29 is 19.0 Å². The summed E-state index contributed by atoms with van der Waals surface area (Å²) in [7, 11) is 3.28. The van der Waals surface area contributed by atoms with Crippen LogP contribution in [0.3, 0.4) is 0 Å². The zero-order valence-corrected chi connectivity index (χ0v) is 17.2. The van der Waals surface area contributed by atoms with Crippen molar-refractivity contribution in [3.63, 3.8) is 0 Å². The quantitative estimate of drug-likeness (QED) is 0.511. The molecule has 0 fully saturated rings. The first-order valence-corrected chi connectivity index (χ1v) is 9.96. The number of benzene rings is 2. The van der Waals surface area contributed by atoms with Gasteiger partial charge in [-0.2, -0.15) is 9.36 Å². The van der Waals surface area contributed by atoms with E-state index in [1.165, 1.54) is 11.5 Å². The Morgan fingerprint density at radius 2 is 1.93 bits per heavy atom. The molecule has 8 heteroatoms. The van der Waals surface area contributed by atoms with Crippen molar-refractivity contribution in [3.8, 4) is 16.7 Å². The number of carbonyl (C=O) groups excluding carboxylic acids is 1. The molecular formula is C21H23N3O4S. The predicted molar refractivity (Wildman–Crippen MR) is 111 cm³/mol. The molecule has 3 aromatic rings. The minimum absolute atomic E-state index is 0.150. The first-order chi connectivity index (χ1) is 14.2. The average Bonchev–Trinajstić information content (AvgIpc) is 3.18. The van der Waals surface area contributed by atoms with Gasteiger partial charge in [-0.05, 0) is 42.3 Å². The van der Waals surface area contributed by atoms with E-state index in [1.807, 2.05) is 24.3 Å². The van der Waals surface area contributed by atoms with Crippen LogP contribution < -0.4 is 14.8 Å². The minimum Gasteiger partial charge on any atom is -0.497 e. The summed E-state index contributed by atoms with van der Waals surface area (Å²) in [6.07, 6.45) is 1.35. The fraction of sp³-hybridized carbons (Fsp3) is 0.286. The maximum absolute atomic E-state index is 12.2. The fourth-order valence-electron chi connectivity index (χ4n) is 2.64. The van der Waals surface area contributed by atoms with Crippen molar-refractivity contribution in [2.45, 2.75) is 12.8 Å². The van der Waals surface area contributed by atoms with E-state index in [0.717, 1.165) is 17.7 Å². The zero-order chi connectivity index (χ0) is 20.5. The van der Waals surface area contributed by atoms with Crippen LogP contribution in [0.5, 0.6) is 16.7 Å². The second-order valence-corrected chi connectivity index (χ2v) is 6.95. The summed E-state index contributed by atoms with van der Waals surface area (Å²) in [5.41, 5.74) is 1.59. The van der Waals surface area contributed by atoms with Crippen molar-refractivity contribution in [2.75, 3.05) is 27.4 Å². The lowest BCUT2D eigenvalue weighted by molar-refractivity contribution is 0.0948. The fourth-order valence-corrected chi connectivity index (χ4v) is 3.21. The molecule has 7 nitrogen and oxygen atoms in total. The smallest absolute Gasteiger partial charge is 0.298 e. The van der Waals surface area contributed by atoms with Gasteiger partial charge in [-0.1, -0.05) is 18.2 Å². The van der Waals surface area contributed by atoms with Crippen molar-refractivity contribution in [1.29, 1.82) is 0 Å². The molecule has 152 valence electrons. The highest BCUT2D eigenvalue weighted by molar-refractivity contribution is 7.07. The molecule has 0 saturated heterocycles. The predicted octanol–water partition coefficient (Wildman–Crippen LogP) is 3.70. The Balaban J connectivity index is 1.60. The summed E-state index contributed by atoms with van der Waals surface area (Å²) in [6.45, 7) is 1.17. The second-order valence-electron chi connectivity index (χ2n) is 6.24. The molecule has 3 rings (SSSR count). The molecule has 0 atom stereocenters. The highest BCUT2D eigenvalue weighted by Crippen LogP contribution is 2.25. The normalized spacial score (nSPS) is 10.6. The Kier molecular flexibility index (Phi) is 7.54. The molecule has 1 aromatic heterocycles. The van der Waals surface area contributed by atoms with Crippen molar-refractivity contribution >= 4 is 17.4 Å². The van der Waals surface area contributed by atoms with Gasteiger partial charge in [0.2, 0.25) is 0 Å². The number of aromatic nitrogens is 2. The lowest BCUT2D eigenvalue weighted by atomic mass is 10.1. The third-order valence-corrected chi connectivity index (χ3v) is 4.69. The van der Waals surface area contributed by atoms with Gasteiger partial charge in [-0.15, -0.1) is 0 Å². The molecule has 1 N–H and O–H groups in total. The van der Waals surface area contributed by atoms with Gasteiger partial charge in [0.15, 0.2) is 5.82 Å². The molecule has 0 aliphatic heterocycles. The van der Waals surface area contributed by atoms with Crippen molar-refractivity contribution in [3.05, 3.63) is 65.5 Å². The molecule has 29 heavy (non-hydrogen) atoms. The Morgan fingerprint density at radius 3 is 2.76 bits per heavy atom. The Bertz CT molecular complexity index is 945. The first-order valence-electron chi connectivity index (χ1n) is 9.18. The van der Waals surface area contributed by atoms with E-state index < -0.39 is 0 Å². The van der Waals surface area contributed by atoms with E-state index in [0.29, 0.717) is 41.9 Å². The first kappa shape index (κ1) is 20.8. The highest BCUT2D eigenvalue weighted by atomic mass is 32.1. The van der Waals surface area contributed by atoms with E-state index >= 15 is 0 Å². The van der Waals surface area contributed by atoms with Crippen LogP contribution >= 0.6 is 11.5 Å². The summed E-state index contributed by atoms with van der Waals surface area (Å²) in [5, 5.41) is 3.29. The molecule has 2 aromatic carbocycles. The van der Waals surface area contributed by atoms with Gasteiger partial charge in [0, 0.05) is 43.8 Å². The number of hydrogen-bond donors (Lipinski definition) is 1. The highest BCUT2D eigenvalue weighted by Gasteiger charge is 2.10. The molecule has 1 heterocycles. The standard InChI is InChI=1S/C21H23N3O4S/c1-26-11-5-10-22-20(25)16-7-4-9-18(14-16)28-21-23-19(24-29-21)13-15-6-3-8-17(12-15)27-2/h3-4,6-9,12,14H,5,10-11,13H2,1-2H3,(H,22,25). The summed E-state index contributed by atoms with van der Waals surface area (Å²) in [6, 6.07) is 14.8. The van der Waals surface area contributed by atoms with Crippen LogP contribution in [0, 0.1) is 0 Å². The number of carbonyl (C=O) groups is 1. The van der Waals surface area contributed by atoms with Gasteiger partial charge < -0.3 is 19.5 Å². The number of nitrogens with zero attached hydrogens (tertiary/aromatic N) is 2. The van der Waals surface area contributed by atoms with Crippen molar-refractivity contribution in [1.82, 2.24) is 14.7 Å². The molecule has 0 radical (unpaired) electrons. The van der Waals surface area contributed by atoms with Crippen LogP contribution in [0.4, 0.5) is 0 Å². The number of nitrogens with one attached hydrogen (secondary N) is 1. The number of amides is 1. The molecule has 0 aliphatic rings. The minimum atomic E-state index is -0.150. The van der Waals surface area contributed by atoms with Gasteiger partial charge in [0.1, 0.15) is 11.5 Å². The molecular weight excluding hydrogens is 390 g/mol. The topological polar surface area (TPSA) is 82.6 Å². The van der Waals surface area contributed by atoms with E-state index in [1.54, 1.807) is 38.5 Å². The number of rotatable bonds is 10. The summed E-state index contributed by atoms with van der Waals surface area (Å²) < 4.78 is 20.4. The van der Waals surface area contributed by atoms with Gasteiger partial charge in [0.05, 0.1) is 7.11 Å². The van der Waals surface area contributed by atoms with Gasteiger partial charge >= 0.3 is 0 Å². The van der Waals surface area contributed by atoms with Crippen LogP contribution in [-0.2, 0) is 11.2 Å². The zero-order valence-electron chi connectivity index (χ0n) is 16.4. The Hall–Kier alpha value is -2.97. The van der Waals surface area contributed by atoms with Gasteiger partial charge in [-0.25, -0.2) is 0 Å². The van der Waals surface area contributed by atoms with Crippen LogP contribution in [0.2, 0.25) is 0 Å². The Morgan fingerprint density at radius 1 is 1.10 bits per heavy atom. The molecule has 0 spiro atoms. The summed E-state index contributed by atoms with van der Waals surface area (Å²) >= 11 is 1.18. The molecule has 0 unspecified atom stereocenters. The number of hydrogen-bond acceptors (Lipinski definition) is 7. The third kappa shape index (κ3) is 6.27. The maximum atomic E-state index is 12.2.